The molecular formula is C11H14O2. The van der Waals surface area contributed by atoms with Gasteiger partial charge in [0.2, 0.25) is 0 Å². The first-order chi connectivity index (χ1) is 6.36. The van der Waals surface area contributed by atoms with E-state index in [9.17, 15) is 0 Å². The Morgan fingerprint density at radius 3 is 2.92 bits per heavy atom. The quantitative estimate of drug-likeness (QED) is 0.660. The van der Waals surface area contributed by atoms with Crippen molar-refractivity contribution >= 4 is 6.08 Å². The molecule has 13 heavy (non-hydrogen) atoms. The summed E-state index contributed by atoms with van der Waals surface area (Å²) in [6.45, 7) is 2.28. The van der Waals surface area contributed by atoms with Crippen LogP contribution in [0.2, 0.25) is 0 Å². The van der Waals surface area contributed by atoms with Crippen LogP contribution in [0.15, 0.2) is 30.3 Å². The van der Waals surface area contributed by atoms with Gasteiger partial charge in [0.15, 0.2) is 6.79 Å². The zero-order chi connectivity index (χ0) is 9.52. The maximum absolute atomic E-state index is 5.29. The Kier molecular flexibility index (Phi) is 4.06. The fourth-order valence-electron chi connectivity index (χ4n) is 1.03. The minimum absolute atomic E-state index is 0.291. The molecule has 0 saturated carbocycles. The molecule has 0 aromatic heterocycles. The van der Waals surface area contributed by atoms with E-state index in [0.717, 1.165) is 11.3 Å². The summed E-state index contributed by atoms with van der Waals surface area (Å²) in [5, 5.41) is 0. The maximum Gasteiger partial charge on any atom is 0.188 e. The van der Waals surface area contributed by atoms with Crippen LogP contribution < -0.4 is 4.74 Å². The lowest BCUT2D eigenvalue weighted by Gasteiger charge is -2.04. The molecule has 0 fully saturated rings. The van der Waals surface area contributed by atoms with Crippen molar-refractivity contribution in [3.05, 3.63) is 35.9 Å². The van der Waals surface area contributed by atoms with Crippen molar-refractivity contribution < 1.29 is 9.47 Å². The first kappa shape index (κ1) is 9.81. The Labute approximate surface area is 78.8 Å². The first-order valence-electron chi connectivity index (χ1n) is 4.21. The molecule has 0 aliphatic rings. The summed E-state index contributed by atoms with van der Waals surface area (Å²) in [5.41, 5.74) is 1.14. The van der Waals surface area contributed by atoms with E-state index in [2.05, 4.69) is 0 Å². The summed E-state index contributed by atoms with van der Waals surface area (Å²) in [7, 11) is 1.61. The summed E-state index contributed by atoms with van der Waals surface area (Å²) in [6.07, 6.45) is 4.02. The highest BCUT2D eigenvalue weighted by molar-refractivity contribution is 5.51. The third kappa shape index (κ3) is 3.30. The van der Waals surface area contributed by atoms with Crippen LogP contribution >= 0.6 is 0 Å². The van der Waals surface area contributed by atoms with Crippen molar-refractivity contribution in [1.82, 2.24) is 0 Å². The second kappa shape index (κ2) is 5.38. The van der Waals surface area contributed by atoms with E-state index in [1.807, 2.05) is 43.3 Å². The van der Waals surface area contributed by atoms with Crippen LogP contribution in [0.4, 0.5) is 0 Å². The summed E-state index contributed by atoms with van der Waals surface area (Å²) >= 11 is 0. The molecule has 0 amide bonds. The number of ether oxygens (including phenoxy) is 2. The molecule has 1 rings (SSSR count). The number of rotatable bonds is 4. The molecule has 1 aromatic carbocycles. The van der Waals surface area contributed by atoms with Crippen LogP contribution in [0.3, 0.4) is 0 Å². The molecule has 0 aliphatic heterocycles. The summed E-state index contributed by atoms with van der Waals surface area (Å²) in [4.78, 5) is 0. The molecule has 0 aliphatic carbocycles. The van der Waals surface area contributed by atoms with Crippen molar-refractivity contribution in [2.24, 2.45) is 0 Å². The molecule has 2 heteroatoms. The van der Waals surface area contributed by atoms with Gasteiger partial charge in [-0.05, 0) is 24.6 Å². The fourth-order valence-corrected chi connectivity index (χ4v) is 1.03. The molecule has 2 nitrogen and oxygen atoms in total. The number of hydrogen-bond acceptors (Lipinski definition) is 2. The smallest absolute Gasteiger partial charge is 0.188 e. The molecule has 1 aromatic rings. The largest absolute Gasteiger partial charge is 0.468 e. The molecule has 0 spiro atoms. The van der Waals surface area contributed by atoms with E-state index in [4.69, 9.17) is 9.47 Å². The molecule has 0 atom stereocenters. The minimum Gasteiger partial charge on any atom is -0.468 e. The van der Waals surface area contributed by atoms with E-state index in [-0.39, 0.29) is 0 Å². The van der Waals surface area contributed by atoms with Gasteiger partial charge in [-0.1, -0.05) is 24.3 Å². The van der Waals surface area contributed by atoms with Gasteiger partial charge in [-0.15, -0.1) is 0 Å². The molecule has 0 unspecified atom stereocenters. The van der Waals surface area contributed by atoms with Crippen molar-refractivity contribution in [3.8, 4) is 5.75 Å². The average molecular weight is 178 g/mol. The second-order valence-corrected chi connectivity index (χ2v) is 2.62. The van der Waals surface area contributed by atoms with Crippen LogP contribution in [-0.2, 0) is 4.74 Å². The number of benzene rings is 1. The monoisotopic (exact) mass is 178 g/mol. The predicted molar refractivity (Wildman–Crippen MR) is 53.7 cm³/mol. The van der Waals surface area contributed by atoms with Gasteiger partial charge in [-0.3, -0.25) is 0 Å². The Hall–Kier alpha value is -1.28. The topological polar surface area (TPSA) is 18.5 Å². The first-order valence-corrected chi connectivity index (χ1v) is 4.21. The lowest BCUT2D eigenvalue weighted by atomic mass is 10.2. The third-order valence-corrected chi connectivity index (χ3v) is 1.56. The van der Waals surface area contributed by atoms with Crippen molar-refractivity contribution in [2.75, 3.05) is 13.9 Å². The van der Waals surface area contributed by atoms with Gasteiger partial charge in [0.25, 0.3) is 0 Å². The molecule has 0 N–H and O–H groups in total. The number of hydrogen-bond donors (Lipinski definition) is 0. The highest BCUT2D eigenvalue weighted by Gasteiger charge is 1.92. The van der Waals surface area contributed by atoms with Crippen molar-refractivity contribution in [2.45, 2.75) is 6.92 Å². The fraction of sp³-hybridized carbons (Fsp3) is 0.273. The van der Waals surface area contributed by atoms with E-state index >= 15 is 0 Å². The minimum atomic E-state index is 0.291. The zero-order valence-corrected chi connectivity index (χ0v) is 7.99. The third-order valence-electron chi connectivity index (χ3n) is 1.56. The summed E-state index contributed by atoms with van der Waals surface area (Å²) in [6, 6.07) is 7.87. The van der Waals surface area contributed by atoms with Crippen LogP contribution in [0, 0.1) is 0 Å². The van der Waals surface area contributed by atoms with Crippen LogP contribution in [-0.4, -0.2) is 13.9 Å². The predicted octanol–water partition coefficient (Wildman–Crippen LogP) is 2.70. The number of allylic oxidation sites excluding steroid dienone is 1. The van der Waals surface area contributed by atoms with Crippen LogP contribution in [0.25, 0.3) is 6.08 Å². The molecule has 0 bridgehead atoms. The Morgan fingerprint density at radius 1 is 1.38 bits per heavy atom. The van der Waals surface area contributed by atoms with Gasteiger partial charge < -0.3 is 9.47 Å². The van der Waals surface area contributed by atoms with E-state index in [1.54, 1.807) is 7.11 Å². The van der Waals surface area contributed by atoms with Crippen LogP contribution in [0.5, 0.6) is 5.75 Å². The Bertz CT molecular complexity index is 279. The Morgan fingerprint density at radius 2 is 2.23 bits per heavy atom. The molecule has 0 heterocycles. The van der Waals surface area contributed by atoms with Gasteiger partial charge in [-0.25, -0.2) is 0 Å². The van der Waals surface area contributed by atoms with Crippen LogP contribution in [0.1, 0.15) is 12.5 Å². The molecule has 0 radical (unpaired) electrons. The molecular weight excluding hydrogens is 164 g/mol. The summed E-state index contributed by atoms with van der Waals surface area (Å²) < 4.78 is 10.1. The highest BCUT2D eigenvalue weighted by Crippen LogP contribution is 2.14. The van der Waals surface area contributed by atoms with Gasteiger partial charge in [-0.2, -0.15) is 0 Å². The summed E-state index contributed by atoms with van der Waals surface area (Å²) in [5.74, 6) is 0.831. The van der Waals surface area contributed by atoms with Gasteiger partial charge in [0, 0.05) is 7.11 Å². The van der Waals surface area contributed by atoms with Crippen molar-refractivity contribution in [3.63, 3.8) is 0 Å². The van der Waals surface area contributed by atoms with E-state index in [1.165, 1.54) is 0 Å². The molecule has 70 valence electrons. The maximum atomic E-state index is 5.29. The zero-order valence-electron chi connectivity index (χ0n) is 7.99. The van der Waals surface area contributed by atoms with E-state index < -0.39 is 0 Å². The van der Waals surface area contributed by atoms with Gasteiger partial charge in [0.05, 0.1) is 0 Å². The SMILES string of the molecule is C/C=C\c1cccc(OCOC)c1. The van der Waals surface area contributed by atoms with Gasteiger partial charge in [0.1, 0.15) is 5.75 Å². The number of methoxy groups -OCH3 is 1. The van der Waals surface area contributed by atoms with Crippen molar-refractivity contribution in [1.29, 1.82) is 0 Å². The van der Waals surface area contributed by atoms with Gasteiger partial charge >= 0.3 is 0 Å². The molecule has 0 saturated heterocycles. The standard InChI is InChI=1S/C11H14O2/c1-3-5-10-6-4-7-11(8-10)13-9-12-2/h3-8H,9H2,1-2H3/b5-3-. The van der Waals surface area contributed by atoms with E-state index in [0.29, 0.717) is 6.79 Å². The second-order valence-electron chi connectivity index (χ2n) is 2.62. The Balaban J connectivity index is 2.67. The lowest BCUT2D eigenvalue weighted by molar-refractivity contribution is 0.0511. The lowest BCUT2D eigenvalue weighted by Crippen LogP contribution is -1.98. The highest BCUT2D eigenvalue weighted by atomic mass is 16.7. The average Bonchev–Trinajstić information content (AvgIpc) is 2.16. The normalized spacial score (nSPS) is 10.6.